The summed E-state index contributed by atoms with van der Waals surface area (Å²) in [7, 11) is 0. The highest BCUT2D eigenvalue weighted by Gasteiger charge is 2.17. The van der Waals surface area contributed by atoms with Gasteiger partial charge in [0.2, 0.25) is 0 Å². The number of nitrogens with one attached hydrogen (secondary N) is 1. The molecule has 1 atom stereocenters. The van der Waals surface area contributed by atoms with Gasteiger partial charge in [0.25, 0.3) is 0 Å². The fourth-order valence-electron chi connectivity index (χ4n) is 1.41. The van der Waals surface area contributed by atoms with Crippen molar-refractivity contribution in [1.82, 2.24) is 5.32 Å². The largest absolute Gasteiger partial charge is 0.385 e. The lowest BCUT2D eigenvalue weighted by atomic mass is 10.2. The van der Waals surface area contributed by atoms with E-state index in [1.807, 2.05) is 18.2 Å². The number of anilines is 1. The zero-order valence-corrected chi connectivity index (χ0v) is 8.28. The fourth-order valence-corrected chi connectivity index (χ4v) is 1.64. The molecule has 1 aliphatic heterocycles. The number of para-hydroxylation sites is 1. The Hall–Kier alpha value is -1.19. The summed E-state index contributed by atoms with van der Waals surface area (Å²) in [5.74, 6) is 0. The SMILES string of the molecule is OC1CNC=CN1c1ccccc1Cl. The summed E-state index contributed by atoms with van der Waals surface area (Å²) in [5, 5.41) is 13.3. The maximum Gasteiger partial charge on any atom is 0.148 e. The second kappa shape index (κ2) is 3.90. The fraction of sp³-hybridized carbons (Fsp3) is 0.200. The van der Waals surface area contributed by atoms with Crippen LogP contribution in [0.25, 0.3) is 0 Å². The molecular weight excluding hydrogens is 200 g/mol. The van der Waals surface area contributed by atoms with Crippen LogP contribution in [0.15, 0.2) is 36.7 Å². The minimum Gasteiger partial charge on any atom is -0.385 e. The second-order valence-electron chi connectivity index (χ2n) is 3.06. The molecule has 0 bridgehead atoms. The molecule has 0 amide bonds. The first-order chi connectivity index (χ1) is 6.79. The van der Waals surface area contributed by atoms with Gasteiger partial charge >= 0.3 is 0 Å². The van der Waals surface area contributed by atoms with Crippen LogP contribution in [0.3, 0.4) is 0 Å². The highest BCUT2D eigenvalue weighted by molar-refractivity contribution is 6.33. The van der Waals surface area contributed by atoms with Gasteiger partial charge in [0.05, 0.1) is 17.3 Å². The molecule has 0 radical (unpaired) electrons. The van der Waals surface area contributed by atoms with Gasteiger partial charge in [0.15, 0.2) is 0 Å². The third-order valence-electron chi connectivity index (χ3n) is 2.11. The number of rotatable bonds is 1. The van der Waals surface area contributed by atoms with Crippen LogP contribution >= 0.6 is 11.6 Å². The minimum atomic E-state index is -0.570. The third-order valence-corrected chi connectivity index (χ3v) is 2.42. The molecule has 1 unspecified atom stereocenters. The van der Waals surface area contributed by atoms with Crippen molar-refractivity contribution in [2.75, 3.05) is 11.4 Å². The number of nitrogens with zero attached hydrogens (tertiary/aromatic N) is 1. The number of halogens is 1. The maximum atomic E-state index is 9.70. The molecule has 0 spiro atoms. The number of aliphatic hydroxyl groups is 1. The van der Waals surface area contributed by atoms with E-state index in [0.29, 0.717) is 11.6 Å². The number of aliphatic hydroxyl groups excluding tert-OH is 1. The molecule has 1 aliphatic rings. The molecular formula is C10H11ClN2O. The van der Waals surface area contributed by atoms with Gasteiger partial charge in [-0.25, -0.2) is 0 Å². The summed E-state index contributed by atoms with van der Waals surface area (Å²) in [4.78, 5) is 1.73. The number of β-amino-alcohol motifs (C(OH)–C–C–N with tert-alkyl or cyclic N) is 1. The van der Waals surface area contributed by atoms with Crippen molar-refractivity contribution in [3.63, 3.8) is 0 Å². The first-order valence-electron chi connectivity index (χ1n) is 4.40. The summed E-state index contributed by atoms with van der Waals surface area (Å²) in [6.45, 7) is 0.502. The third kappa shape index (κ3) is 1.69. The van der Waals surface area contributed by atoms with Crippen molar-refractivity contribution in [2.45, 2.75) is 6.23 Å². The molecule has 0 saturated carbocycles. The molecule has 0 fully saturated rings. The summed E-state index contributed by atoms with van der Waals surface area (Å²) >= 11 is 6.02. The normalized spacial score (nSPS) is 20.7. The van der Waals surface area contributed by atoms with E-state index in [4.69, 9.17) is 11.6 Å². The van der Waals surface area contributed by atoms with E-state index in [1.165, 1.54) is 0 Å². The molecule has 0 aliphatic carbocycles. The van der Waals surface area contributed by atoms with Crippen molar-refractivity contribution in [1.29, 1.82) is 0 Å². The summed E-state index contributed by atoms with van der Waals surface area (Å²) in [6, 6.07) is 7.44. The smallest absolute Gasteiger partial charge is 0.148 e. The van der Waals surface area contributed by atoms with Gasteiger partial charge < -0.3 is 15.3 Å². The predicted molar refractivity (Wildman–Crippen MR) is 57.1 cm³/mol. The van der Waals surface area contributed by atoms with Gasteiger partial charge in [-0.1, -0.05) is 23.7 Å². The Kier molecular flexibility index (Phi) is 2.61. The lowest BCUT2D eigenvalue weighted by molar-refractivity contribution is 0.176. The molecule has 14 heavy (non-hydrogen) atoms. The quantitative estimate of drug-likeness (QED) is 0.738. The average Bonchev–Trinajstić information content (AvgIpc) is 2.20. The Morgan fingerprint density at radius 1 is 1.43 bits per heavy atom. The average molecular weight is 211 g/mol. The van der Waals surface area contributed by atoms with Crippen LogP contribution in [0.1, 0.15) is 0 Å². The van der Waals surface area contributed by atoms with E-state index in [1.54, 1.807) is 23.4 Å². The Balaban J connectivity index is 2.34. The van der Waals surface area contributed by atoms with E-state index in [9.17, 15) is 5.11 Å². The molecule has 3 nitrogen and oxygen atoms in total. The molecule has 0 aromatic heterocycles. The summed E-state index contributed by atoms with van der Waals surface area (Å²) in [5.41, 5.74) is 0.819. The lowest BCUT2D eigenvalue weighted by Gasteiger charge is -2.30. The van der Waals surface area contributed by atoms with Crippen LogP contribution in [0.2, 0.25) is 5.02 Å². The molecule has 1 aromatic carbocycles. The van der Waals surface area contributed by atoms with Crippen LogP contribution in [0.4, 0.5) is 5.69 Å². The van der Waals surface area contributed by atoms with Crippen LogP contribution in [-0.2, 0) is 0 Å². The van der Waals surface area contributed by atoms with E-state index >= 15 is 0 Å². The van der Waals surface area contributed by atoms with Gasteiger partial charge in [-0.3, -0.25) is 0 Å². The van der Waals surface area contributed by atoms with E-state index < -0.39 is 6.23 Å². The maximum absolute atomic E-state index is 9.70. The van der Waals surface area contributed by atoms with Gasteiger partial charge in [-0.15, -0.1) is 0 Å². The standard InChI is InChI=1S/C10H11ClN2O/c11-8-3-1-2-4-9(8)13-6-5-12-7-10(13)14/h1-6,10,12,14H,7H2. The van der Waals surface area contributed by atoms with E-state index in [-0.39, 0.29) is 0 Å². The van der Waals surface area contributed by atoms with Crippen molar-refractivity contribution in [3.05, 3.63) is 41.7 Å². The highest BCUT2D eigenvalue weighted by atomic mass is 35.5. The van der Waals surface area contributed by atoms with Crippen molar-refractivity contribution < 1.29 is 5.11 Å². The number of benzene rings is 1. The molecule has 4 heteroatoms. The topological polar surface area (TPSA) is 35.5 Å². The van der Waals surface area contributed by atoms with Crippen molar-refractivity contribution in [2.24, 2.45) is 0 Å². The zero-order chi connectivity index (χ0) is 9.97. The van der Waals surface area contributed by atoms with Crippen LogP contribution in [0.5, 0.6) is 0 Å². The predicted octanol–water partition coefficient (Wildman–Crippen LogP) is 1.54. The van der Waals surface area contributed by atoms with Gasteiger partial charge in [-0.05, 0) is 12.1 Å². The number of hydrogen-bond donors (Lipinski definition) is 2. The minimum absolute atomic E-state index is 0.502. The van der Waals surface area contributed by atoms with Gasteiger partial charge in [0, 0.05) is 12.4 Å². The Morgan fingerprint density at radius 2 is 2.21 bits per heavy atom. The lowest BCUT2D eigenvalue weighted by Crippen LogP contribution is -2.41. The molecule has 2 rings (SSSR count). The second-order valence-corrected chi connectivity index (χ2v) is 3.47. The van der Waals surface area contributed by atoms with Crippen LogP contribution in [-0.4, -0.2) is 17.9 Å². The van der Waals surface area contributed by atoms with Crippen molar-refractivity contribution >= 4 is 17.3 Å². The molecule has 2 N–H and O–H groups in total. The van der Waals surface area contributed by atoms with Crippen LogP contribution in [0, 0.1) is 0 Å². The van der Waals surface area contributed by atoms with Crippen molar-refractivity contribution in [3.8, 4) is 0 Å². The summed E-state index contributed by atoms with van der Waals surface area (Å²) in [6.07, 6.45) is 2.99. The van der Waals surface area contributed by atoms with Crippen LogP contribution < -0.4 is 10.2 Å². The molecule has 0 saturated heterocycles. The first kappa shape index (κ1) is 9.37. The number of hydrogen-bond acceptors (Lipinski definition) is 3. The highest BCUT2D eigenvalue weighted by Crippen LogP contribution is 2.27. The molecule has 74 valence electrons. The monoisotopic (exact) mass is 210 g/mol. The van der Waals surface area contributed by atoms with Gasteiger partial charge in [-0.2, -0.15) is 0 Å². The summed E-state index contributed by atoms with van der Waals surface area (Å²) < 4.78 is 0. The van der Waals surface area contributed by atoms with E-state index in [0.717, 1.165) is 5.69 Å². The van der Waals surface area contributed by atoms with E-state index in [2.05, 4.69) is 5.32 Å². The molecule has 1 heterocycles. The molecule has 1 aromatic rings. The Morgan fingerprint density at radius 3 is 2.93 bits per heavy atom. The Labute approximate surface area is 87.6 Å². The first-order valence-corrected chi connectivity index (χ1v) is 4.78. The zero-order valence-electron chi connectivity index (χ0n) is 7.52. The Bertz CT molecular complexity index is 354. The van der Waals surface area contributed by atoms with Gasteiger partial charge in [0.1, 0.15) is 6.23 Å².